The molecule has 0 N–H and O–H groups in total. The summed E-state index contributed by atoms with van der Waals surface area (Å²) >= 11 is 0. The van der Waals surface area contributed by atoms with Crippen molar-refractivity contribution in [1.82, 2.24) is 39.9 Å². The van der Waals surface area contributed by atoms with Gasteiger partial charge in [0.05, 0.1) is 22.8 Å². The third-order valence-corrected chi connectivity index (χ3v) is 19.7. The SMILES string of the molecule is CCC1=C(CC)c2cc3[n-]c(c(CCc4c5nc(cc6[n-]c(cc7nc(cc8[n-]c4c(CC)c8CC)C(CC)=C7CC)c(CC)c6CC)C(CC)C5CC)c4nc(cc5[n-]c(cc1n2)c(CC)c5CC)C(CC)C4CC)c(CC)c3CC.[Cu+2].[Cu+2]. The van der Waals surface area contributed by atoms with Crippen LogP contribution in [0.5, 0.6) is 0 Å². The molecule has 0 aromatic carbocycles. The molecule has 4 aliphatic rings. The molecule has 4 unspecified atom stereocenters. The molecule has 4 aliphatic heterocycles. The molecule has 6 aromatic rings. The van der Waals surface area contributed by atoms with E-state index in [1.54, 1.807) is 0 Å². The van der Waals surface area contributed by atoms with Crippen molar-refractivity contribution in [1.29, 1.82) is 0 Å². The smallest absolute Gasteiger partial charge is 0.657 e. The maximum Gasteiger partial charge on any atom is 2.00 e. The van der Waals surface area contributed by atoms with Crippen molar-refractivity contribution < 1.29 is 34.1 Å². The van der Waals surface area contributed by atoms with Gasteiger partial charge in [0, 0.05) is 46.4 Å². The van der Waals surface area contributed by atoms with E-state index in [1.807, 2.05) is 0 Å². The van der Waals surface area contributed by atoms with Crippen molar-refractivity contribution in [2.75, 3.05) is 0 Å². The molecule has 0 amide bonds. The van der Waals surface area contributed by atoms with Gasteiger partial charge in [0.1, 0.15) is 0 Å². The van der Waals surface area contributed by atoms with Crippen LogP contribution >= 0.6 is 0 Å². The minimum atomic E-state index is 0. The predicted octanol–water partition coefficient (Wildman–Crippen LogP) is 18.6. The van der Waals surface area contributed by atoms with E-state index in [1.165, 1.54) is 89.3 Å². The normalized spacial score (nSPS) is 16.9. The van der Waals surface area contributed by atoms with Gasteiger partial charge in [0.2, 0.25) is 0 Å². The number of fused-ring (bicyclic) bond motifs is 16. The number of aromatic nitrogens is 8. The molecule has 10 heteroatoms. The van der Waals surface area contributed by atoms with Crippen LogP contribution in [-0.2, 0) is 98.3 Å². The van der Waals surface area contributed by atoms with Crippen molar-refractivity contribution in [3.05, 3.63) is 138 Å². The summed E-state index contributed by atoms with van der Waals surface area (Å²) in [5.74, 6) is 0.949. The summed E-state index contributed by atoms with van der Waals surface area (Å²) < 4.78 is 0. The molecule has 0 spiro atoms. The fourth-order valence-corrected chi connectivity index (χ4v) is 15.8. The van der Waals surface area contributed by atoms with Crippen molar-refractivity contribution in [2.24, 2.45) is 0 Å². The van der Waals surface area contributed by atoms with Gasteiger partial charge in [-0.1, -0.05) is 192 Å². The Hall–Kier alpha value is -5.24. The van der Waals surface area contributed by atoms with Crippen molar-refractivity contribution in [3.63, 3.8) is 0 Å². The molecule has 84 heavy (non-hydrogen) atoms. The standard InChI is InChI=1S/C74H94N8.2Cu/c1-17-41-45(21-5)63-37-67-49(25-9)53(29-13)71(79-67)57(72-54(30-14)50(26-10)68(80-72)38-64-46(22-6)42(18-2)60(76-64)35-59(41)75-63)33-34-58-73-55(31-15)51(27-11)69(81-73)39-65-47(23-7)43(19-3)61(77-65)36-62-44(20-4)48(24-8)66(78-62)40-70-52(28-12)56(32-16)74(58)82-70;;/h35-40,49,51,53,55H,17-34H2,1-16H3;;/q-4;2*+2. The van der Waals surface area contributed by atoms with Gasteiger partial charge in [-0.3, -0.25) is 9.97 Å². The zero-order valence-corrected chi connectivity index (χ0v) is 55.6. The van der Waals surface area contributed by atoms with Crippen LogP contribution in [0.3, 0.4) is 0 Å². The Morgan fingerprint density at radius 1 is 0.274 bits per heavy atom. The Morgan fingerprint density at radius 2 is 0.524 bits per heavy atom. The van der Waals surface area contributed by atoms with E-state index in [-0.39, 0.29) is 57.8 Å². The first-order chi connectivity index (χ1) is 39.9. The largest absolute Gasteiger partial charge is 2.00 e. The van der Waals surface area contributed by atoms with Crippen LogP contribution in [0.4, 0.5) is 0 Å². The van der Waals surface area contributed by atoms with Gasteiger partial charge in [-0.2, -0.15) is 0 Å². The third-order valence-electron chi connectivity index (χ3n) is 19.7. The minimum Gasteiger partial charge on any atom is -0.657 e. The van der Waals surface area contributed by atoms with Gasteiger partial charge in [0.25, 0.3) is 0 Å². The summed E-state index contributed by atoms with van der Waals surface area (Å²) in [4.78, 5) is 46.0. The molecule has 0 saturated carbocycles. The van der Waals surface area contributed by atoms with Gasteiger partial charge in [0.15, 0.2) is 0 Å². The van der Waals surface area contributed by atoms with E-state index in [9.17, 15) is 0 Å². The van der Waals surface area contributed by atoms with E-state index < -0.39 is 0 Å². The zero-order valence-electron chi connectivity index (χ0n) is 53.7. The molecule has 452 valence electrons. The van der Waals surface area contributed by atoms with Gasteiger partial charge >= 0.3 is 34.1 Å². The summed E-state index contributed by atoms with van der Waals surface area (Å²) in [5.41, 5.74) is 36.0. The van der Waals surface area contributed by atoms with Crippen LogP contribution in [0, 0.1) is 0 Å². The molecule has 8 nitrogen and oxygen atoms in total. The van der Waals surface area contributed by atoms with Crippen LogP contribution in [0.1, 0.15) is 287 Å². The Morgan fingerprint density at radius 3 is 0.774 bits per heavy atom. The van der Waals surface area contributed by atoms with Crippen LogP contribution in [0.2, 0.25) is 0 Å². The molecular weight excluding hydrogens is 1130 g/mol. The maximum absolute atomic E-state index is 5.98. The summed E-state index contributed by atoms with van der Waals surface area (Å²) in [7, 11) is 0. The predicted molar refractivity (Wildman–Crippen MR) is 347 cm³/mol. The van der Waals surface area contributed by atoms with Gasteiger partial charge in [-0.05, 0) is 149 Å². The number of allylic oxidation sites excluding steroid dienone is 4. The molecule has 0 aliphatic carbocycles. The van der Waals surface area contributed by atoms with Gasteiger partial charge in [-0.25, -0.2) is 9.97 Å². The van der Waals surface area contributed by atoms with E-state index >= 15 is 0 Å². The minimum absolute atomic E-state index is 0. The summed E-state index contributed by atoms with van der Waals surface area (Å²) in [6.07, 6.45) is 16.3. The fraction of sp³-hybridized carbons (Fsp3) is 0.514. The molecule has 6 aromatic heterocycles. The molecule has 0 saturated heterocycles. The average Bonchev–Trinajstić information content (AvgIpc) is 4.38. The Labute approximate surface area is 524 Å². The van der Waals surface area contributed by atoms with Gasteiger partial charge < -0.3 is 19.9 Å². The van der Waals surface area contributed by atoms with Crippen LogP contribution in [0.15, 0.2) is 36.4 Å². The van der Waals surface area contributed by atoms with Gasteiger partial charge in [-0.15, -0.1) is 44.1 Å². The molecule has 10 heterocycles. The second-order valence-corrected chi connectivity index (χ2v) is 23.4. The first-order valence-corrected chi connectivity index (χ1v) is 32.8. The number of hydrogen-bond donors (Lipinski definition) is 0. The van der Waals surface area contributed by atoms with E-state index in [2.05, 4.69) is 147 Å². The Balaban J connectivity index is 0.00000460. The first-order valence-electron chi connectivity index (χ1n) is 32.8. The van der Waals surface area contributed by atoms with Crippen LogP contribution in [-0.4, -0.2) is 19.9 Å². The zero-order chi connectivity index (χ0) is 58.3. The second kappa shape index (κ2) is 27.6. The molecule has 2 radical (unpaired) electrons. The molecule has 0 fully saturated rings. The summed E-state index contributed by atoms with van der Waals surface area (Å²) in [6, 6.07) is 14.0. The number of nitrogens with zero attached hydrogens (tertiary/aromatic N) is 8. The van der Waals surface area contributed by atoms with Crippen molar-refractivity contribution in [2.45, 2.75) is 250 Å². The third kappa shape index (κ3) is 11.0. The fourth-order valence-electron chi connectivity index (χ4n) is 15.8. The van der Waals surface area contributed by atoms with Crippen LogP contribution in [0.25, 0.3) is 66.4 Å². The van der Waals surface area contributed by atoms with Crippen molar-refractivity contribution in [3.8, 4) is 0 Å². The Bertz CT molecular complexity index is 3590. The molecule has 10 rings (SSSR count). The van der Waals surface area contributed by atoms with E-state index in [4.69, 9.17) is 39.9 Å². The quantitative estimate of drug-likeness (QED) is 0.0738. The van der Waals surface area contributed by atoms with E-state index in [0.717, 1.165) is 194 Å². The first kappa shape index (κ1) is 64.8. The molecule has 4 atom stereocenters. The topological polar surface area (TPSA) is 108 Å². The van der Waals surface area contributed by atoms with Crippen LogP contribution < -0.4 is 19.9 Å². The number of aryl methyl sites for hydroxylation is 10. The average molecular weight is 1220 g/mol. The Kier molecular flexibility index (Phi) is 21.3. The molecule has 16 bridgehead atoms. The summed E-state index contributed by atoms with van der Waals surface area (Å²) in [6.45, 7) is 37.1. The summed E-state index contributed by atoms with van der Waals surface area (Å²) in [5, 5.41) is 0. The second-order valence-electron chi connectivity index (χ2n) is 23.4. The monoisotopic (exact) mass is 1220 g/mol. The number of hydrogen-bond acceptors (Lipinski definition) is 4. The van der Waals surface area contributed by atoms with Crippen molar-refractivity contribution >= 4 is 66.4 Å². The maximum atomic E-state index is 5.98. The van der Waals surface area contributed by atoms with E-state index in [0.29, 0.717) is 0 Å². The number of rotatable bonds is 19. The molecular formula is C74H94Cu2N8.